The van der Waals surface area contributed by atoms with E-state index in [9.17, 15) is 4.79 Å². The maximum Gasteiger partial charge on any atom is 0.410 e. The minimum atomic E-state index is -0.452. The van der Waals surface area contributed by atoms with Crippen molar-refractivity contribution in [2.75, 3.05) is 13.1 Å². The number of amides is 1. The summed E-state index contributed by atoms with van der Waals surface area (Å²) in [7, 11) is 0. The van der Waals surface area contributed by atoms with Gasteiger partial charge in [-0.2, -0.15) is 0 Å². The molecular formula is C16H21N3O2. The quantitative estimate of drug-likeness (QED) is 0.796. The summed E-state index contributed by atoms with van der Waals surface area (Å²) in [6.45, 7) is 6.86. The van der Waals surface area contributed by atoms with E-state index in [0.29, 0.717) is 13.1 Å². The molecule has 0 radical (unpaired) electrons. The van der Waals surface area contributed by atoms with Crippen molar-refractivity contribution < 1.29 is 9.53 Å². The van der Waals surface area contributed by atoms with Gasteiger partial charge >= 0.3 is 6.09 Å². The molecule has 0 fully saturated rings. The SMILES string of the molecule is CC(C)(C)OC(=O)N1CC=C(c2ncc3c(n2)CC3)CC1. The Morgan fingerprint density at radius 3 is 2.62 bits per heavy atom. The van der Waals surface area contributed by atoms with Crippen LogP contribution in [-0.2, 0) is 17.6 Å². The zero-order valence-corrected chi connectivity index (χ0v) is 12.8. The lowest BCUT2D eigenvalue weighted by Crippen LogP contribution is -2.39. The van der Waals surface area contributed by atoms with E-state index in [1.54, 1.807) is 4.90 Å². The first-order valence-electron chi connectivity index (χ1n) is 7.44. The Bertz CT molecular complexity index is 602. The molecule has 2 aliphatic rings. The Labute approximate surface area is 125 Å². The van der Waals surface area contributed by atoms with Crippen molar-refractivity contribution in [3.05, 3.63) is 29.4 Å². The van der Waals surface area contributed by atoms with Crippen LogP contribution in [0.3, 0.4) is 0 Å². The first kappa shape index (κ1) is 14.0. The van der Waals surface area contributed by atoms with E-state index in [2.05, 4.69) is 9.97 Å². The van der Waals surface area contributed by atoms with Crippen LogP contribution >= 0.6 is 0 Å². The van der Waals surface area contributed by atoms with Crippen LogP contribution in [0.25, 0.3) is 5.57 Å². The molecule has 0 saturated carbocycles. The Kier molecular flexibility index (Phi) is 3.43. The van der Waals surface area contributed by atoms with Crippen molar-refractivity contribution in [3.8, 4) is 0 Å². The summed E-state index contributed by atoms with van der Waals surface area (Å²) in [5.74, 6) is 0.817. The maximum atomic E-state index is 12.0. The lowest BCUT2D eigenvalue weighted by Gasteiger charge is -2.29. The number of rotatable bonds is 1. The molecule has 0 N–H and O–H groups in total. The van der Waals surface area contributed by atoms with Crippen molar-refractivity contribution in [1.29, 1.82) is 0 Å². The van der Waals surface area contributed by atoms with Gasteiger partial charge in [0, 0.05) is 25.0 Å². The van der Waals surface area contributed by atoms with Crippen molar-refractivity contribution in [2.24, 2.45) is 0 Å². The fourth-order valence-corrected chi connectivity index (χ4v) is 2.46. The van der Waals surface area contributed by atoms with Gasteiger partial charge in [-0.15, -0.1) is 0 Å². The standard InChI is InChI=1S/C16H21N3O2/c1-16(2,3)21-15(20)19-8-6-11(7-9-19)14-17-10-12-4-5-13(12)18-14/h6,10H,4-5,7-9H2,1-3H3. The molecule has 112 valence electrons. The Hall–Kier alpha value is -1.91. The molecule has 3 rings (SSSR count). The number of hydrogen-bond donors (Lipinski definition) is 0. The topological polar surface area (TPSA) is 55.3 Å². The highest BCUT2D eigenvalue weighted by Gasteiger charge is 2.25. The molecule has 0 bridgehead atoms. The third kappa shape index (κ3) is 3.06. The molecule has 0 aromatic carbocycles. The first-order valence-corrected chi connectivity index (χ1v) is 7.44. The molecule has 0 saturated heterocycles. The Morgan fingerprint density at radius 2 is 2.10 bits per heavy atom. The van der Waals surface area contributed by atoms with Gasteiger partial charge in [0.05, 0.1) is 0 Å². The van der Waals surface area contributed by atoms with E-state index in [0.717, 1.165) is 30.7 Å². The van der Waals surface area contributed by atoms with Crippen LogP contribution in [0, 0.1) is 0 Å². The molecule has 1 aromatic rings. The maximum absolute atomic E-state index is 12.0. The average molecular weight is 287 g/mol. The van der Waals surface area contributed by atoms with E-state index in [-0.39, 0.29) is 6.09 Å². The third-order valence-electron chi connectivity index (χ3n) is 3.73. The number of fused-ring (bicyclic) bond motifs is 1. The number of hydrogen-bond acceptors (Lipinski definition) is 4. The van der Waals surface area contributed by atoms with Gasteiger partial charge in [0.15, 0.2) is 5.82 Å². The minimum absolute atomic E-state index is 0.254. The summed E-state index contributed by atoms with van der Waals surface area (Å²) in [5, 5.41) is 0. The van der Waals surface area contributed by atoms with Gasteiger partial charge in [-0.25, -0.2) is 14.8 Å². The van der Waals surface area contributed by atoms with Gasteiger partial charge in [0.1, 0.15) is 5.60 Å². The highest BCUT2D eigenvalue weighted by atomic mass is 16.6. The average Bonchev–Trinajstić information content (AvgIpc) is 2.39. The van der Waals surface area contributed by atoms with E-state index in [1.807, 2.05) is 33.0 Å². The van der Waals surface area contributed by atoms with E-state index < -0.39 is 5.60 Å². The second kappa shape index (κ2) is 5.13. The Morgan fingerprint density at radius 1 is 1.29 bits per heavy atom. The smallest absolute Gasteiger partial charge is 0.410 e. The molecule has 0 atom stereocenters. The molecule has 0 unspecified atom stereocenters. The number of aryl methyl sites for hydroxylation is 2. The minimum Gasteiger partial charge on any atom is -0.444 e. The summed E-state index contributed by atoms with van der Waals surface area (Å²) >= 11 is 0. The van der Waals surface area contributed by atoms with Gasteiger partial charge in [-0.05, 0) is 51.2 Å². The van der Waals surface area contributed by atoms with E-state index >= 15 is 0 Å². The summed E-state index contributed by atoms with van der Waals surface area (Å²) in [5.41, 5.74) is 3.12. The van der Waals surface area contributed by atoms with Crippen molar-refractivity contribution >= 4 is 11.7 Å². The number of nitrogens with zero attached hydrogens (tertiary/aromatic N) is 3. The van der Waals surface area contributed by atoms with Crippen LogP contribution in [0.5, 0.6) is 0 Å². The first-order chi connectivity index (χ1) is 9.92. The molecule has 1 aromatic heterocycles. The van der Waals surface area contributed by atoms with Crippen LogP contribution in [0.15, 0.2) is 12.3 Å². The zero-order valence-electron chi connectivity index (χ0n) is 12.8. The van der Waals surface area contributed by atoms with Crippen molar-refractivity contribution in [1.82, 2.24) is 14.9 Å². The van der Waals surface area contributed by atoms with Crippen LogP contribution in [0.1, 0.15) is 44.3 Å². The number of carbonyl (C=O) groups excluding carboxylic acids is 1. The summed E-state index contributed by atoms with van der Waals surface area (Å²) in [6.07, 6.45) is 6.65. The number of aromatic nitrogens is 2. The second-order valence-electron chi connectivity index (χ2n) is 6.57. The highest BCUT2D eigenvalue weighted by molar-refractivity contribution is 5.71. The fraction of sp³-hybridized carbons (Fsp3) is 0.562. The highest BCUT2D eigenvalue weighted by Crippen LogP contribution is 2.25. The Balaban J connectivity index is 1.66. The predicted molar refractivity (Wildman–Crippen MR) is 79.8 cm³/mol. The fourth-order valence-electron chi connectivity index (χ4n) is 2.46. The third-order valence-corrected chi connectivity index (χ3v) is 3.73. The molecule has 0 spiro atoms. The van der Waals surface area contributed by atoms with Gasteiger partial charge in [0.2, 0.25) is 0 Å². The molecule has 1 aliphatic carbocycles. The summed E-state index contributed by atoms with van der Waals surface area (Å²) < 4.78 is 5.39. The molecule has 5 nitrogen and oxygen atoms in total. The largest absolute Gasteiger partial charge is 0.444 e. The van der Waals surface area contributed by atoms with E-state index in [1.165, 1.54) is 11.3 Å². The summed E-state index contributed by atoms with van der Waals surface area (Å²) in [4.78, 5) is 22.8. The predicted octanol–water partition coefficient (Wildman–Crippen LogP) is 2.60. The van der Waals surface area contributed by atoms with Gasteiger partial charge in [-0.3, -0.25) is 0 Å². The van der Waals surface area contributed by atoms with Gasteiger partial charge in [-0.1, -0.05) is 6.08 Å². The van der Waals surface area contributed by atoms with Crippen molar-refractivity contribution in [2.45, 2.75) is 45.6 Å². The normalized spacial score (nSPS) is 17.7. The van der Waals surface area contributed by atoms with Crippen molar-refractivity contribution in [3.63, 3.8) is 0 Å². The van der Waals surface area contributed by atoms with Crippen LogP contribution in [0.4, 0.5) is 4.79 Å². The molecule has 2 heterocycles. The number of carbonyl (C=O) groups is 1. The number of ether oxygens (including phenoxy) is 1. The lowest BCUT2D eigenvalue weighted by molar-refractivity contribution is 0.0270. The molecule has 1 aliphatic heterocycles. The van der Waals surface area contributed by atoms with E-state index in [4.69, 9.17) is 4.74 Å². The monoisotopic (exact) mass is 287 g/mol. The zero-order chi connectivity index (χ0) is 15.0. The molecular weight excluding hydrogens is 266 g/mol. The summed E-state index contributed by atoms with van der Waals surface area (Å²) in [6, 6.07) is 0. The molecule has 5 heteroatoms. The second-order valence-corrected chi connectivity index (χ2v) is 6.57. The lowest BCUT2D eigenvalue weighted by atomic mass is 9.95. The van der Waals surface area contributed by atoms with Crippen LogP contribution in [-0.4, -0.2) is 39.7 Å². The molecule has 1 amide bonds. The van der Waals surface area contributed by atoms with Crippen LogP contribution < -0.4 is 0 Å². The van der Waals surface area contributed by atoms with Gasteiger partial charge < -0.3 is 9.64 Å². The van der Waals surface area contributed by atoms with Gasteiger partial charge in [0.25, 0.3) is 0 Å². The van der Waals surface area contributed by atoms with Crippen LogP contribution in [0.2, 0.25) is 0 Å². The molecule has 21 heavy (non-hydrogen) atoms.